The Morgan fingerprint density at radius 3 is 2.78 bits per heavy atom. The third-order valence-corrected chi connectivity index (χ3v) is 4.87. The first-order chi connectivity index (χ1) is 13.1. The van der Waals surface area contributed by atoms with E-state index in [2.05, 4.69) is 15.5 Å². The second-order valence-corrected chi connectivity index (χ2v) is 6.72. The predicted octanol–water partition coefficient (Wildman–Crippen LogP) is 1.72. The lowest BCUT2D eigenvalue weighted by Gasteiger charge is -2.32. The monoisotopic (exact) mass is 371 g/mol. The second-order valence-electron chi connectivity index (χ2n) is 6.72. The highest BCUT2D eigenvalue weighted by Crippen LogP contribution is 2.25. The molecule has 8 nitrogen and oxygen atoms in total. The van der Waals surface area contributed by atoms with Crippen LogP contribution in [0.4, 0.5) is 5.69 Å². The van der Waals surface area contributed by atoms with Crippen molar-refractivity contribution in [1.82, 2.24) is 19.7 Å². The molecule has 0 bridgehead atoms. The van der Waals surface area contributed by atoms with Crippen LogP contribution in [0.1, 0.15) is 44.3 Å². The van der Waals surface area contributed by atoms with Gasteiger partial charge in [0.15, 0.2) is 0 Å². The molecule has 2 aromatic rings. The van der Waals surface area contributed by atoms with Crippen LogP contribution in [0.5, 0.6) is 0 Å². The number of carbonyl (C=O) groups excluding carboxylic acids is 2. The van der Waals surface area contributed by atoms with Gasteiger partial charge in [0.05, 0.1) is 0 Å². The first-order valence-corrected chi connectivity index (χ1v) is 9.36. The molecule has 1 aromatic heterocycles. The predicted molar refractivity (Wildman–Crippen MR) is 101 cm³/mol. The summed E-state index contributed by atoms with van der Waals surface area (Å²) >= 11 is 0. The van der Waals surface area contributed by atoms with Crippen molar-refractivity contribution in [2.45, 2.75) is 45.1 Å². The zero-order chi connectivity index (χ0) is 19.2. The number of piperidine rings is 1. The van der Waals surface area contributed by atoms with Crippen molar-refractivity contribution in [2.75, 3.05) is 18.4 Å². The van der Waals surface area contributed by atoms with Crippen LogP contribution in [0.15, 0.2) is 35.1 Å². The molecule has 2 N–H and O–H groups in total. The number of para-hydroxylation sites is 1. The first-order valence-electron chi connectivity index (χ1n) is 9.36. The van der Waals surface area contributed by atoms with E-state index in [4.69, 9.17) is 0 Å². The lowest BCUT2D eigenvalue weighted by atomic mass is 9.96. The summed E-state index contributed by atoms with van der Waals surface area (Å²) in [5, 5.41) is 9.43. The molecule has 27 heavy (non-hydrogen) atoms. The number of hydrogen-bond acceptors (Lipinski definition) is 4. The Balaban J connectivity index is 1.54. The van der Waals surface area contributed by atoms with Crippen molar-refractivity contribution in [3.63, 3.8) is 0 Å². The van der Waals surface area contributed by atoms with Gasteiger partial charge >= 0.3 is 5.69 Å². The van der Waals surface area contributed by atoms with Gasteiger partial charge in [-0.25, -0.2) is 9.89 Å². The molecular weight excluding hydrogens is 346 g/mol. The zero-order valence-corrected chi connectivity index (χ0v) is 15.5. The first kappa shape index (κ1) is 18.9. The zero-order valence-electron chi connectivity index (χ0n) is 15.5. The van der Waals surface area contributed by atoms with Crippen molar-refractivity contribution in [2.24, 2.45) is 0 Å². The van der Waals surface area contributed by atoms with E-state index < -0.39 is 0 Å². The van der Waals surface area contributed by atoms with Crippen molar-refractivity contribution in [3.8, 4) is 0 Å². The van der Waals surface area contributed by atoms with Crippen LogP contribution in [-0.2, 0) is 16.1 Å². The molecule has 0 radical (unpaired) electrons. The molecular formula is C19H25N5O3. The van der Waals surface area contributed by atoms with E-state index in [1.54, 1.807) is 9.47 Å². The van der Waals surface area contributed by atoms with E-state index in [0.29, 0.717) is 25.5 Å². The average molecular weight is 371 g/mol. The summed E-state index contributed by atoms with van der Waals surface area (Å²) in [7, 11) is 0. The number of aromatic amines is 1. The van der Waals surface area contributed by atoms with Crippen molar-refractivity contribution in [3.05, 3.63) is 46.6 Å². The lowest BCUT2D eigenvalue weighted by molar-refractivity contribution is -0.134. The summed E-state index contributed by atoms with van der Waals surface area (Å²) in [6.45, 7) is 3.66. The molecule has 0 saturated carbocycles. The van der Waals surface area contributed by atoms with Crippen molar-refractivity contribution in [1.29, 1.82) is 0 Å². The highest BCUT2D eigenvalue weighted by Gasteiger charge is 2.28. The standard InChI is InChI=1S/C19H25N5O3/c1-2-24-18(21-22-19(24)27)14-7-6-12-23(13-14)17(26)11-10-16(25)20-15-8-4-3-5-9-15/h3-5,8-9,14H,2,6-7,10-13H2,1H3,(H,20,25)(H,22,27). The van der Waals surface area contributed by atoms with Crippen LogP contribution in [0, 0.1) is 0 Å². The molecule has 1 unspecified atom stereocenters. The maximum atomic E-state index is 12.5. The fourth-order valence-corrected chi connectivity index (χ4v) is 3.49. The van der Waals surface area contributed by atoms with Gasteiger partial charge in [-0.15, -0.1) is 0 Å². The second kappa shape index (κ2) is 8.66. The largest absolute Gasteiger partial charge is 0.343 e. The summed E-state index contributed by atoms with van der Waals surface area (Å²) in [4.78, 5) is 38.1. The van der Waals surface area contributed by atoms with Gasteiger partial charge in [-0.1, -0.05) is 18.2 Å². The highest BCUT2D eigenvalue weighted by molar-refractivity contribution is 5.93. The van der Waals surface area contributed by atoms with Crippen LogP contribution >= 0.6 is 0 Å². The number of benzene rings is 1. The Labute approximate surface area is 157 Å². The van der Waals surface area contributed by atoms with Crippen LogP contribution in [0.2, 0.25) is 0 Å². The van der Waals surface area contributed by atoms with Crippen LogP contribution < -0.4 is 11.0 Å². The molecule has 1 atom stereocenters. The van der Waals surface area contributed by atoms with Gasteiger partial charge < -0.3 is 10.2 Å². The molecule has 8 heteroatoms. The maximum absolute atomic E-state index is 12.5. The average Bonchev–Trinajstić information content (AvgIpc) is 3.07. The molecule has 0 aliphatic carbocycles. The van der Waals surface area contributed by atoms with Crippen molar-refractivity contribution < 1.29 is 9.59 Å². The van der Waals surface area contributed by atoms with Gasteiger partial charge in [-0.3, -0.25) is 14.2 Å². The number of hydrogen-bond donors (Lipinski definition) is 2. The van der Waals surface area contributed by atoms with E-state index >= 15 is 0 Å². The lowest BCUT2D eigenvalue weighted by Crippen LogP contribution is -2.40. The summed E-state index contributed by atoms with van der Waals surface area (Å²) < 4.78 is 1.62. The number of nitrogens with zero attached hydrogens (tertiary/aromatic N) is 3. The fraction of sp³-hybridized carbons (Fsp3) is 0.474. The highest BCUT2D eigenvalue weighted by atomic mass is 16.2. The number of amides is 2. The van der Waals surface area contributed by atoms with Gasteiger partial charge in [0.2, 0.25) is 11.8 Å². The Bertz CT molecular complexity index is 843. The molecule has 0 spiro atoms. The van der Waals surface area contributed by atoms with Crippen LogP contribution in [-0.4, -0.2) is 44.6 Å². The molecule has 2 amide bonds. The van der Waals surface area contributed by atoms with E-state index in [0.717, 1.165) is 18.5 Å². The number of anilines is 1. The summed E-state index contributed by atoms with van der Waals surface area (Å²) in [5.41, 5.74) is 0.512. The van der Waals surface area contributed by atoms with E-state index in [1.165, 1.54) is 0 Å². The smallest absolute Gasteiger partial charge is 0.342 e. The minimum absolute atomic E-state index is 0.0381. The molecule has 1 aliphatic heterocycles. The Kier molecular flexibility index (Phi) is 6.05. The Morgan fingerprint density at radius 2 is 2.04 bits per heavy atom. The number of H-pyrrole nitrogens is 1. The number of carbonyl (C=O) groups is 2. The SMILES string of the molecule is CCn1c(C2CCCN(C(=O)CCC(=O)Nc3ccccc3)C2)n[nH]c1=O. The third kappa shape index (κ3) is 4.64. The minimum atomic E-state index is -0.214. The number of likely N-dealkylation sites (tertiary alicyclic amines) is 1. The Morgan fingerprint density at radius 1 is 1.26 bits per heavy atom. The normalized spacial score (nSPS) is 16.9. The summed E-state index contributed by atoms with van der Waals surface area (Å²) in [6.07, 6.45) is 2.07. The Hall–Kier alpha value is -2.90. The maximum Gasteiger partial charge on any atom is 0.343 e. The third-order valence-electron chi connectivity index (χ3n) is 4.87. The quantitative estimate of drug-likeness (QED) is 0.807. The summed E-state index contributed by atoms with van der Waals surface area (Å²) in [5.74, 6) is 0.542. The molecule has 1 aromatic carbocycles. The van der Waals surface area contributed by atoms with Gasteiger partial charge in [0, 0.05) is 44.1 Å². The van der Waals surface area contributed by atoms with Gasteiger partial charge in [0.25, 0.3) is 0 Å². The van der Waals surface area contributed by atoms with Crippen LogP contribution in [0.3, 0.4) is 0 Å². The van der Waals surface area contributed by atoms with Gasteiger partial charge in [-0.05, 0) is 31.9 Å². The molecule has 144 valence electrons. The molecule has 1 fully saturated rings. The topological polar surface area (TPSA) is 100 Å². The van der Waals surface area contributed by atoms with Crippen molar-refractivity contribution >= 4 is 17.5 Å². The molecule has 3 rings (SSSR count). The minimum Gasteiger partial charge on any atom is -0.342 e. The van der Waals surface area contributed by atoms with Gasteiger partial charge in [0.1, 0.15) is 5.82 Å². The van der Waals surface area contributed by atoms with E-state index in [-0.39, 0.29) is 36.3 Å². The number of nitrogens with one attached hydrogen (secondary N) is 2. The number of aromatic nitrogens is 3. The van der Waals surface area contributed by atoms with E-state index in [9.17, 15) is 14.4 Å². The van der Waals surface area contributed by atoms with Gasteiger partial charge in [-0.2, -0.15) is 5.10 Å². The summed E-state index contributed by atoms with van der Waals surface area (Å²) in [6, 6.07) is 9.20. The molecule has 1 saturated heterocycles. The number of rotatable bonds is 6. The van der Waals surface area contributed by atoms with E-state index in [1.807, 2.05) is 37.3 Å². The molecule has 2 heterocycles. The van der Waals surface area contributed by atoms with Crippen LogP contribution in [0.25, 0.3) is 0 Å². The molecule has 1 aliphatic rings. The fourth-order valence-electron chi connectivity index (χ4n) is 3.49.